The summed E-state index contributed by atoms with van der Waals surface area (Å²) in [5, 5.41) is 9.41. The highest BCUT2D eigenvalue weighted by atomic mass is 32.2. The first-order valence-electron chi connectivity index (χ1n) is 8.87. The third-order valence-electron chi connectivity index (χ3n) is 4.83. The topological polar surface area (TPSA) is 43.8 Å². The van der Waals surface area contributed by atoms with E-state index in [9.17, 15) is 9.90 Å². The predicted octanol–water partition coefficient (Wildman–Crippen LogP) is 3.83. The second-order valence-electron chi connectivity index (χ2n) is 6.49. The lowest BCUT2D eigenvalue weighted by Gasteiger charge is -2.36. The van der Waals surface area contributed by atoms with Crippen molar-refractivity contribution >= 4 is 35.1 Å². The van der Waals surface area contributed by atoms with E-state index in [-0.39, 0.29) is 11.7 Å². The zero-order valence-corrected chi connectivity index (χ0v) is 16.1. The van der Waals surface area contributed by atoms with Crippen molar-refractivity contribution in [3.8, 4) is 5.75 Å². The van der Waals surface area contributed by atoms with Gasteiger partial charge in [-0.2, -0.15) is 0 Å². The summed E-state index contributed by atoms with van der Waals surface area (Å²) in [5.41, 5.74) is 3.18. The lowest BCUT2D eigenvalue weighted by Crippen LogP contribution is -2.48. The first-order valence-corrected chi connectivity index (χ1v) is 11.0. The molecule has 0 spiro atoms. The Balaban J connectivity index is 1.36. The minimum Gasteiger partial charge on any atom is -0.508 e. The number of aromatic hydroxyl groups is 1. The standard InChI is InChI=1S/C20H22N2O2S2/c23-18-7-5-17(6-8-18)21-9-11-22(12-10-21)19(24)15-1-3-16(4-2-15)20-25-13-14-26-20/h1-8,20,23H,9-14H2. The lowest BCUT2D eigenvalue weighted by atomic mass is 10.1. The molecule has 1 N–H and O–H groups in total. The number of thioether (sulfide) groups is 2. The second kappa shape index (κ2) is 7.84. The fourth-order valence-corrected chi connectivity index (χ4v) is 6.21. The molecule has 26 heavy (non-hydrogen) atoms. The molecule has 1 amide bonds. The van der Waals surface area contributed by atoms with E-state index in [0.717, 1.165) is 37.4 Å². The molecule has 2 fully saturated rings. The van der Waals surface area contributed by atoms with Gasteiger partial charge in [0.1, 0.15) is 5.75 Å². The molecule has 0 radical (unpaired) electrons. The fraction of sp³-hybridized carbons (Fsp3) is 0.350. The first kappa shape index (κ1) is 17.6. The van der Waals surface area contributed by atoms with Crippen LogP contribution < -0.4 is 4.90 Å². The molecule has 136 valence electrons. The maximum Gasteiger partial charge on any atom is 0.253 e. The number of carbonyl (C=O) groups excluding carboxylic acids is 1. The van der Waals surface area contributed by atoms with Gasteiger partial charge in [0.15, 0.2) is 0 Å². The Morgan fingerprint density at radius 2 is 1.50 bits per heavy atom. The first-order chi connectivity index (χ1) is 12.7. The summed E-state index contributed by atoms with van der Waals surface area (Å²) in [5.74, 6) is 2.82. The average Bonchev–Trinajstić information content (AvgIpc) is 3.23. The number of hydrogen-bond acceptors (Lipinski definition) is 5. The molecule has 0 aromatic heterocycles. The maximum absolute atomic E-state index is 12.8. The SMILES string of the molecule is O=C(c1ccc(C2SCCS2)cc1)N1CCN(c2ccc(O)cc2)CC1. The second-order valence-corrected chi connectivity index (χ2v) is 9.22. The van der Waals surface area contributed by atoms with E-state index in [1.54, 1.807) is 12.1 Å². The number of hydrogen-bond donors (Lipinski definition) is 1. The molecule has 2 aliphatic heterocycles. The fourth-order valence-electron chi connectivity index (χ4n) is 3.35. The number of phenolic OH excluding ortho intramolecular Hbond substituents is 1. The van der Waals surface area contributed by atoms with Gasteiger partial charge in [-0.05, 0) is 42.0 Å². The Morgan fingerprint density at radius 1 is 0.885 bits per heavy atom. The van der Waals surface area contributed by atoms with E-state index in [1.165, 1.54) is 17.1 Å². The number of amides is 1. The molecule has 4 rings (SSSR count). The molecular weight excluding hydrogens is 364 g/mol. The molecule has 2 aromatic rings. The van der Waals surface area contributed by atoms with E-state index in [0.29, 0.717) is 4.58 Å². The summed E-state index contributed by atoms with van der Waals surface area (Å²) in [4.78, 5) is 17.0. The minimum absolute atomic E-state index is 0.119. The molecule has 0 bridgehead atoms. The predicted molar refractivity (Wildman–Crippen MR) is 110 cm³/mol. The smallest absolute Gasteiger partial charge is 0.253 e. The van der Waals surface area contributed by atoms with Gasteiger partial charge < -0.3 is 14.9 Å². The van der Waals surface area contributed by atoms with Gasteiger partial charge in [0.25, 0.3) is 5.91 Å². The van der Waals surface area contributed by atoms with Crippen LogP contribution >= 0.6 is 23.5 Å². The Hall–Kier alpha value is -1.79. The van der Waals surface area contributed by atoms with Crippen LogP contribution in [0.3, 0.4) is 0 Å². The number of phenols is 1. The Kier molecular flexibility index (Phi) is 5.31. The molecule has 2 heterocycles. The van der Waals surface area contributed by atoms with Gasteiger partial charge in [0, 0.05) is 48.9 Å². The van der Waals surface area contributed by atoms with Crippen molar-refractivity contribution in [2.45, 2.75) is 4.58 Å². The summed E-state index contributed by atoms with van der Waals surface area (Å²) >= 11 is 3.97. The molecular formula is C20H22N2O2S2. The van der Waals surface area contributed by atoms with Gasteiger partial charge in [-0.1, -0.05) is 12.1 Å². The van der Waals surface area contributed by atoms with Crippen molar-refractivity contribution in [2.24, 2.45) is 0 Å². The number of anilines is 1. The van der Waals surface area contributed by atoms with Crippen LogP contribution in [-0.2, 0) is 0 Å². The van der Waals surface area contributed by atoms with Crippen molar-refractivity contribution in [1.82, 2.24) is 4.90 Å². The van der Waals surface area contributed by atoms with Crippen molar-refractivity contribution in [2.75, 3.05) is 42.6 Å². The van der Waals surface area contributed by atoms with Crippen LogP contribution in [0.25, 0.3) is 0 Å². The normalized spacial score (nSPS) is 18.3. The zero-order chi connectivity index (χ0) is 17.9. The number of nitrogens with zero attached hydrogens (tertiary/aromatic N) is 2. The highest BCUT2D eigenvalue weighted by Gasteiger charge is 2.23. The van der Waals surface area contributed by atoms with Crippen molar-refractivity contribution in [3.05, 3.63) is 59.7 Å². The van der Waals surface area contributed by atoms with E-state index in [1.807, 2.05) is 52.7 Å². The van der Waals surface area contributed by atoms with Crippen molar-refractivity contribution < 1.29 is 9.90 Å². The third-order valence-corrected chi connectivity index (χ3v) is 7.94. The highest BCUT2D eigenvalue weighted by molar-refractivity contribution is 8.19. The molecule has 0 atom stereocenters. The van der Waals surface area contributed by atoms with Gasteiger partial charge >= 0.3 is 0 Å². The summed E-state index contributed by atoms with van der Waals surface area (Å²) in [6.07, 6.45) is 0. The van der Waals surface area contributed by atoms with Crippen LogP contribution in [0.4, 0.5) is 5.69 Å². The van der Waals surface area contributed by atoms with E-state index in [2.05, 4.69) is 17.0 Å². The van der Waals surface area contributed by atoms with Crippen LogP contribution in [0, 0.1) is 0 Å². The van der Waals surface area contributed by atoms with E-state index in [4.69, 9.17) is 0 Å². The van der Waals surface area contributed by atoms with Crippen molar-refractivity contribution in [3.63, 3.8) is 0 Å². The highest BCUT2D eigenvalue weighted by Crippen LogP contribution is 2.45. The Bertz CT molecular complexity index is 750. The molecule has 6 heteroatoms. The monoisotopic (exact) mass is 386 g/mol. The zero-order valence-electron chi connectivity index (χ0n) is 14.5. The van der Waals surface area contributed by atoms with Crippen LogP contribution in [0.2, 0.25) is 0 Å². The van der Waals surface area contributed by atoms with Gasteiger partial charge in [0.05, 0.1) is 4.58 Å². The quantitative estimate of drug-likeness (QED) is 0.868. The van der Waals surface area contributed by atoms with Crippen LogP contribution in [0.5, 0.6) is 5.75 Å². The summed E-state index contributed by atoms with van der Waals surface area (Å²) < 4.78 is 0.521. The summed E-state index contributed by atoms with van der Waals surface area (Å²) in [6, 6.07) is 15.4. The van der Waals surface area contributed by atoms with Gasteiger partial charge in [-0.15, -0.1) is 23.5 Å². The molecule has 2 aromatic carbocycles. The number of carbonyl (C=O) groups is 1. The minimum atomic E-state index is 0.119. The summed E-state index contributed by atoms with van der Waals surface area (Å²) in [7, 11) is 0. The largest absolute Gasteiger partial charge is 0.508 e. The van der Waals surface area contributed by atoms with Crippen LogP contribution in [-0.4, -0.2) is 53.6 Å². The molecule has 0 saturated carbocycles. The Morgan fingerprint density at radius 3 is 2.12 bits per heavy atom. The van der Waals surface area contributed by atoms with Crippen LogP contribution in [0.15, 0.2) is 48.5 Å². The van der Waals surface area contributed by atoms with Crippen LogP contribution in [0.1, 0.15) is 20.5 Å². The number of piperazine rings is 1. The van der Waals surface area contributed by atoms with E-state index >= 15 is 0 Å². The molecule has 4 nitrogen and oxygen atoms in total. The van der Waals surface area contributed by atoms with Gasteiger partial charge in [-0.25, -0.2) is 0 Å². The average molecular weight is 387 g/mol. The third kappa shape index (κ3) is 3.81. The van der Waals surface area contributed by atoms with Gasteiger partial charge in [0.2, 0.25) is 0 Å². The molecule has 2 aliphatic rings. The summed E-state index contributed by atoms with van der Waals surface area (Å²) in [6.45, 7) is 3.06. The lowest BCUT2D eigenvalue weighted by molar-refractivity contribution is 0.0747. The number of rotatable bonds is 3. The number of benzene rings is 2. The molecule has 2 saturated heterocycles. The molecule has 0 aliphatic carbocycles. The van der Waals surface area contributed by atoms with E-state index < -0.39 is 0 Å². The molecule has 0 unspecified atom stereocenters. The maximum atomic E-state index is 12.8. The van der Waals surface area contributed by atoms with Crippen molar-refractivity contribution in [1.29, 1.82) is 0 Å². The van der Waals surface area contributed by atoms with Gasteiger partial charge in [-0.3, -0.25) is 4.79 Å². The Labute approximate surface area is 162 Å².